The molecule has 0 spiro atoms. The summed E-state index contributed by atoms with van der Waals surface area (Å²) in [6.45, 7) is 6.85. The highest BCUT2D eigenvalue weighted by atomic mass is 16.5. The van der Waals surface area contributed by atoms with Gasteiger partial charge in [-0.3, -0.25) is 9.51 Å². The third-order valence-corrected chi connectivity index (χ3v) is 6.57. The molecule has 30 heavy (non-hydrogen) atoms. The van der Waals surface area contributed by atoms with Crippen LogP contribution in [0.3, 0.4) is 0 Å². The second kappa shape index (κ2) is 6.28. The fraction of sp³-hybridized carbons (Fsp3) is 0.524. The molecule has 1 aliphatic heterocycles. The summed E-state index contributed by atoms with van der Waals surface area (Å²) in [6, 6.07) is 3.69. The summed E-state index contributed by atoms with van der Waals surface area (Å²) in [6.07, 6.45) is 4.26. The van der Waals surface area contributed by atoms with Gasteiger partial charge in [-0.05, 0) is 62.6 Å². The molecule has 2 aliphatic rings. The van der Waals surface area contributed by atoms with Gasteiger partial charge in [-0.15, -0.1) is 0 Å². The molecule has 5 rings (SSSR count). The summed E-state index contributed by atoms with van der Waals surface area (Å²) in [4.78, 5) is 31.0. The Labute approximate surface area is 172 Å². The molecular formula is C21H24N4O5. The van der Waals surface area contributed by atoms with Gasteiger partial charge in [-0.2, -0.15) is 0 Å². The monoisotopic (exact) mass is 412 g/mol. The van der Waals surface area contributed by atoms with Gasteiger partial charge in [0, 0.05) is 18.2 Å². The number of ether oxygens (including phenoxy) is 1. The summed E-state index contributed by atoms with van der Waals surface area (Å²) in [7, 11) is 0. The standard InChI is InChI=1S/C21H24N4O5/c1-11-8-21(11,18-23-19(28)30-24-18)25-15(17(26)27)7-13-6-14(10-22-16(13)25)12-4-5-29-20(2,3)9-12/h6-7,10-12H,4-5,8-9H2,1-3H3,(H,26,27)(H,23,24,28)/t11-,12+,21-/m0/s1. The largest absolute Gasteiger partial charge is 0.477 e. The normalized spacial score (nSPS) is 28.0. The first-order valence-corrected chi connectivity index (χ1v) is 10.2. The van der Waals surface area contributed by atoms with E-state index in [-0.39, 0.29) is 17.2 Å². The maximum atomic E-state index is 12.1. The molecule has 3 aromatic rings. The molecule has 0 unspecified atom stereocenters. The van der Waals surface area contributed by atoms with E-state index in [1.807, 2.05) is 19.2 Å². The number of nitrogens with zero attached hydrogens (tertiary/aromatic N) is 3. The number of aromatic nitrogens is 4. The Balaban J connectivity index is 1.65. The van der Waals surface area contributed by atoms with Crippen LogP contribution in [-0.4, -0.2) is 43.0 Å². The number of hydrogen-bond acceptors (Lipinski definition) is 6. The number of pyridine rings is 1. The number of carboxylic acids is 1. The van der Waals surface area contributed by atoms with Gasteiger partial charge in [0.05, 0.1) is 5.60 Å². The average molecular weight is 412 g/mol. The van der Waals surface area contributed by atoms with Crippen LogP contribution in [0.2, 0.25) is 0 Å². The smallest absolute Gasteiger partial charge is 0.438 e. The van der Waals surface area contributed by atoms with Crippen molar-refractivity contribution >= 4 is 17.0 Å². The van der Waals surface area contributed by atoms with Crippen LogP contribution in [0.4, 0.5) is 0 Å². The molecular weight excluding hydrogens is 388 g/mol. The van der Waals surface area contributed by atoms with E-state index >= 15 is 0 Å². The zero-order chi connectivity index (χ0) is 21.3. The minimum absolute atomic E-state index is 0.0738. The van der Waals surface area contributed by atoms with Crippen molar-refractivity contribution in [3.63, 3.8) is 0 Å². The van der Waals surface area contributed by atoms with Gasteiger partial charge in [-0.1, -0.05) is 12.1 Å². The van der Waals surface area contributed by atoms with Crippen LogP contribution < -0.4 is 5.76 Å². The lowest BCUT2D eigenvalue weighted by Crippen LogP contribution is -2.33. The lowest BCUT2D eigenvalue weighted by Gasteiger charge is -2.35. The van der Waals surface area contributed by atoms with Crippen molar-refractivity contribution in [3.05, 3.63) is 46.0 Å². The summed E-state index contributed by atoms with van der Waals surface area (Å²) in [5.74, 6) is -0.995. The minimum Gasteiger partial charge on any atom is -0.477 e. The van der Waals surface area contributed by atoms with E-state index in [1.165, 1.54) is 0 Å². The maximum absolute atomic E-state index is 12.1. The topological polar surface area (TPSA) is 123 Å². The second-order valence-corrected chi connectivity index (χ2v) is 9.12. The molecule has 2 N–H and O–H groups in total. The second-order valence-electron chi connectivity index (χ2n) is 9.12. The summed E-state index contributed by atoms with van der Waals surface area (Å²) in [5.41, 5.74) is 0.797. The number of rotatable bonds is 4. The number of aromatic amines is 1. The molecule has 158 valence electrons. The van der Waals surface area contributed by atoms with Crippen molar-refractivity contribution in [1.82, 2.24) is 19.7 Å². The Morgan fingerprint density at radius 1 is 1.33 bits per heavy atom. The SMILES string of the molecule is C[C@H]1C[C@]1(c1noc(=O)[nH]1)n1c(C(=O)O)cc2cc([C@@H]3CCOC(C)(C)C3)cnc21. The third-order valence-electron chi connectivity index (χ3n) is 6.57. The van der Waals surface area contributed by atoms with Crippen LogP contribution in [0.25, 0.3) is 11.0 Å². The van der Waals surface area contributed by atoms with E-state index in [4.69, 9.17) is 9.26 Å². The van der Waals surface area contributed by atoms with Crippen molar-refractivity contribution < 1.29 is 19.2 Å². The van der Waals surface area contributed by atoms with E-state index in [0.717, 1.165) is 23.8 Å². The van der Waals surface area contributed by atoms with Gasteiger partial charge in [0.15, 0.2) is 5.82 Å². The zero-order valence-electron chi connectivity index (χ0n) is 17.1. The molecule has 1 saturated heterocycles. The van der Waals surface area contributed by atoms with Gasteiger partial charge >= 0.3 is 11.7 Å². The van der Waals surface area contributed by atoms with Crippen molar-refractivity contribution in [2.24, 2.45) is 5.92 Å². The molecule has 9 nitrogen and oxygen atoms in total. The van der Waals surface area contributed by atoms with Gasteiger partial charge < -0.3 is 14.4 Å². The number of aromatic carboxylic acids is 1. The number of carbonyl (C=O) groups is 1. The van der Waals surface area contributed by atoms with Gasteiger partial charge in [0.2, 0.25) is 0 Å². The molecule has 1 aliphatic carbocycles. The molecule has 9 heteroatoms. The zero-order valence-corrected chi connectivity index (χ0v) is 17.1. The Morgan fingerprint density at radius 2 is 2.10 bits per heavy atom. The number of hydrogen-bond donors (Lipinski definition) is 2. The van der Waals surface area contributed by atoms with Gasteiger partial charge in [0.25, 0.3) is 0 Å². The van der Waals surface area contributed by atoms with Crippen LogP contribution >= 0.6 is 0 Å². The lowest BCUT2D eigenvalue weighted by atomic mass is 9.84. The van der Waals surface area contributed by atoms with Crippen LogP contribution in [-0.2, 0) is 10.3 Å². The summed E-state index contributed by atoms with van der Waals surface area (Å²) >= 11 is 0. The first kappa shape index (κ1) is 19.0. The van der Waals surface area contributed by atoms with Crippen molar-refractivity contribution in [2.75, 3.05) is 6.61 Å². The predicted molar refractivity (Wildman–Crippen MR) is 107 cm³/mol. The van der Waals surface area contributed by atoms with E-state index in [1.54, 1.807) is 10.6 Å². The number of H-pyrrole nitrogens is 1. The lowest BCUT2D eigenvalue weighted by molar-refractivity contribution is -0.0593. The van der Waals surface area contributed by atoms with Crippen molar-refractivity contribution in [3.8, 4) is 0 Å². The number of fused-ring (bicyclic) bond motifs is 1. The minimum atomic E-state index is -1.05. The Bertz CT molecular complexity index is 1210. The molecule has 3 atom stereocenters. The van der Waals surface area contributed by atoms with Gasteiger partial charge in [0.1, 0.15) is 16.9 Å². The molecule has 4 heterocycles. The van der Waals surface area contributed by atoms with Crippen LogP contribution in [0.15, 0.2) is 27.6 Å². The predicted octanol–water partition coefficient (Wildman–Crippen LogP) is 2.87. The molecule has 2 fully saturated rings. The van der Waals surface area contributed by atoms with E-state index in [2.05, 4.69) is 29.0 Å². The van der Waals surface area contributed by atoms with Crippen molar-refractivity contribution in [1.29, 1.82) is 0 Å². The van der Waals surface area contributed by atoms with E-state index < -0.39 is 17.3 Å². The highest BCUT2D eigenvalue weighted by Gasteiger charge is 2.59. The molecule has 0 bridgehead atoms. The first-order valence-electron chi connectivity index (χ1n) is 10.2. The fourth-order valence-corrected chi connectivity index (χ4v) is 4.98. The highest BCUT2D eigenvalue weighted by Crippen LogP contribution is 2.55. The maximum Gasteiger partial charge on any atom is 0.438 e. The van der Waals surface area contributed by atoms with E-state index in [0.29, 0.717) is 30.4 Å². The fourth-order valence-electron chi connectivity index (χ4n) is 4.98. The van der Waals surface area contributed by atoms with Crippen molar-refractivity contribution in [2.45, 2.75) is 57.1 Å². The van der Waals surface area contributed by atoms with Crippen LogP contribution in [0.1, 0.15) is 67.8 Å². The van der Waals surface area contributed by atoms with Crippen LogP contribution in [0.5, 0.6) is 0 Å². The molecule has 0 amide bonds. The summed E-state index contributed by atoms with van der Waals surface area (Å²) in [5, 5.41) is 14.5. The Hall–Kier alpha value is -2.94. The summed E-state index contributed by atoms with van der Waals surface area (Å²) < 4.78 is 12.2. The van der Waals surface area contributed by atoms with Gasteiger partial charge in [-0.25, -0.2) is 14.6 Å². The Morgan fingerprint density at radius 3 is 2.70 bits per heavy atom. The Kier molecular flexibility index (Phi) is 3.99. The highest BCUT2D eigenvalue weighted by molar-refractivity contribution is 5.94. The number of nitrogens with one attached hydrogen (secondary N) is 1. The first-order chi connectivity index (χ1) is 14.2. The third kappa shape index (κ3) is 2.79. The molecule has 0 radical (unpaired) electrons. The quantitative estimate of drug-likeness (QED) is 0.675. The molecule has 0 aromatic carbocycles. The van der Waals surface area contributed by atoms with E-state index in [9.17, 15) is 14.7 Å². The average Bonchev–Trinajstić information content (AvgIpc) is 3.03. The number of carboxylic acid groups (broad SMARTS) is 1. The van der Waals surface area contributed by atoms with Crippen LogP contribution in [0, 0.1) is 5.92 Å². The molecule has 1 saturated carbocycles. The molecule has 3 aromatic heterocycles.